The van der Waals surface area contributed by atoms with Gasteiger partial charge in [0.2, 0.25) is 0 Å². The molecule has 116 valence electrons. The highest BCUT2D eigenvalue weighted by Gasteiger charge is 2.11. The normalized spacial score (nSPS) is 10.2. The molecule has 0 atom stereocenters. The molecule has 0 fully saturated rings. The Kier molecular flexibility index (Phi) is 8.15. The van der Waals surface area contributed by atoms with Crippen molar-refractivity contribution in [1.82, 2.24) is 0 Å². The Morgan fingerprint density at radius 2 is 2.19 bits per heavy atom. The van der Waals surface area contributed by atoms with Crippen molar-refractivity contribution in [2.24, 2.45) is 5.73 Å². The Morgan fingerprint density at radius 1 is 1.43 bits per heavy atom. The number of ether oxygens (including phenoxy) is 1. The van der Waals surface area contributed by atoms with E-state index in [-0.39, 0.29) is 5.97 Å². The lowest BCUT2D eigenvalue weighted by Gasteiger charge is -2.14. The van der Waals surface area contributed by atoms with Gasteiger partial charge in [0.25, 0.3) is 0 Å². The van der Waals surface area contributed by atoms with Gasteiger partial charge in [0.05, 0.1) is 6.61 Å². The molecule has 0 saturated heterocycles. The first-order valence-electron chi connectivity index (χ1n) is 7.05. The van der Waals surface area contributed by atoms with Gasteiger partial charge in [-0.05, 0) is 31.2 Å². The van der Waals surface area contributed by atoms with Crippen LogP contribution in [0.3, 0.4) is 0 Å². The van der Waals surface area contributed by atoms with Crippen LogP contribution in [0.15, 0.2) is 23.1 Å². The SMILES string of the molecule is CCOC(=O)CCCNc1cccc(SCC)c1C(N)=S. The monoisotopic (exact) mass is 326 g/mol. The Balaban J connectivity index is 2.64. The lowest BCUT2D eigenvalue weighted by molar-refractivity contribution is -0.143. The summed E-state index contributed by atoms with van der Waals surface area (Å²) >= 11 is 6.87. The molecule has 0 unspecified atom stereocenters. The van der Waals surface area contributed by atoms with Gasteiger partial charge in [0.15, 0.2) is 0 Å². The maximum absolute atomic E-state index is 11.3. The molecule has 0 radical (unpaired) electrons. The molecule has 0 aliphatic rings. The fraction of sp³-hybridized carbons (Fsp3) is 0.467. The molecular formula is C15H22N2O2S2. The fourth-order valence-corrected chi connectivity index (χ4v) is 3.03. The number of esters is 1. The van der Waals surface area contributed by atoms with Crippen LogP contribution < -0.4 is 11.1 Å². The average molecular weight is 326 g/mol. The molecule has 0 aliphatic carbocycles. The molecule has 6 heteroatoms. The molecule has 21 heavy (non-hydrogen) atoms. The standard InChI is InChI=1S/C15H22N2O2S2/c1-3-19-13(18)9-6-10-17-11-7-5-8-12(21-4-2)14(11)15(16)20/h5,7-8,17H,3-4,6,9-10H2,1-2H3,(H2,16,20). The van der Waals surface area contributed by atoms with Crippen LogP contribution in [-0.2, 0) is 9.53 Å². The van der Waals surface area contributed by atoms with E-state index in [1.165, 1.54) is 0 Å². The van der Waals surface area contributed by atoms with Gasteiger partial charge < -0.3 is 15.8 Å². The summed E-state index contributed by atoms with van der Waals surface area (Å²) in [6.07, 6.45) is 1.12. The van der Waals surface area contributed by atoms with Crippen LogP contribution in [0, 0.1) is 0 Å². The molecule has 0 heterocycles. The van der Waals surface area contributed by atoms with E-state index in [4.69, 9.17) is 22.7 Å². The second kappa shape index (κ2) is 9.63. The van der Waals surface area contributed by atoms with Crippen LogP contribution in [0.2, 0.25) is 0 Å². The van der Waals surface area contributed by atoms with Crippen molar-refractivity contribution in [2.45, 2.75) is 31.6 Å². The summed E-state index contributed by atoms with van der Waals surface area (Å²) in [5, 5.41) is 3.30. The second-order valence-electron chi connectivity index (χ2n) is 4.31. The van der Waals surface area contributed by atoms with Gasteiger partial charge in [-0.25, -0.2) is 0 Å². The number of carbonyl (C=O) groups is 1. The van der Waals surface area contributed by atoms with E-state index in [0.29, 0.717) is 31.0 Å². The van der Waals surface area contributed by atoms with E-state index in [9.17, 15) is 4.79 Å². The van der Waals surface area contributed by atoms with Crippen molar-refractivity contribution in [3.63, 3.8) is 0 Å². The minimum Gasteiger partial charge on any atom is -0.466 e. The quantitative estimate of drug-likeness (QED) is 0.314. The number of anilines is 1. The summed E-state index contributed by atoms with van der Waals surface area (Å²) in [7, 11) is 0. The summed E-state index contributed by atoms with van der Waals surface area (Å²) in [5.74, 6) is 0.797. The lowest BCUT2D eigenvalue weighted by Crippen LogP contribution is -2.15. The predicted octanol–water partition coefficient (Wildman–Crippen LogP) is 3.19. The smallest absolute Gasteiger partial charge is 0.305 e. The zero-order valence-corrected chi connectivity index (χ0v) is 14.1. The molecule has 0 saturated carbocycles. The molecular weight excluding hydrogens is 304 g/mol. The van der Waals surface area contributed by atoms with Crippen molar-refractivity contribution in [2.75, 3.05) is 24.2 Å². The highest BCUT2D eigenvalue weighted by molar-refractivity contribution is 7.99. The van der Waals surface area contributed by atoms with Crippen LogP contribution in [0.25, 0.3) is 0 Å². The van der Waals surface area contributed by atoms with Crippen LogP contribution >= 0.6 is 24.0 Å². The number of carbonyl (C=O) groups excluding carboxylic acids is 1. The minimum absolute atomic E-state index is 0.163. The van der Waals surface area contributed by atoms with Crippen LogP contribution in [0.4, 0.5) is 5.69 Å². The van der Waals surface area contributed by atoms with Crippen molar-refractivity contribution < 1.29 is 9.53 Å². The minimum atomic E-state index is -0.163. The molecule has 1 aromatic rings. The maximum atomic E-state index is 11.3. The molecule has 0 bridgehead atoms. The zero-order chi connectivity index (χ0) is 15.7. The first-order valence-corrected chi connectivity index (χ1v) is 8.44. The summed E-state index contributed by atoms with van der Waals surface area (Å²) < 4.78 is 4.90. The van der Waals surface area contributed by atoms with Gasteiger partial charge >= 0.3 is 5.97 Å². The Hall–Kier alpha value is -1.27. The number of thiocarbonyl (C=S) groups is 1. The van der Waals surface area contributed by atoms with E-state index in [1.54, 1.807) is 11.8 Å². The summed E-state index contributed by atoms with van der Waals surface area (Å²) in [5.41, 5.74) is 7.65. The van der Waals surface area contributed by atoms with Crippen LogP contribution in [0.1, 0.15) is 32.3 Å². The molecule has 0 amide bonds. The van der Waals surface area contributed by atoms with Gasteiger partial charge in [-0.15, -0.1) is 11.8 Å². The average Bonchev–Trinajstić information content (AvgIpc) is 2.44. The molecule has 3 N–H and O–H groups in total. The van der Waals surface area contributed by atoms with E-state index >= 15 is 0 Å². The molecule has 1 aromatic carbocycles. The largest absolute Gasteiger partial charge is 0.466 e. The topological polar surface area (TPSA) is 64.3 Å². The van der Waals surface area contributed by atoms with Crippen molar-refractivity contribution in [1.29, 1.82) is 0 Å². The number of rotatable bonds is 9. The number of hydrogen-bond acceptors (Lipinski definition) is 5. The Labute approximate surface area is 135 Å². The molecule has 0 spiro atoms. The zero-order valence-electron chi connectivity index (χ0n) is 12.5. The van der Waals surface area contributed by atoms with E-state index in [1.807, 2.05) is 25.1 Å². The van der Waals surface area contributed by atoms with Crippen molar-refractivity contribution >= 4 is 40.6 Å². The van der Waals surface area contributed by atoms with Gasteiger partial charge in [-0.2, -0.15) is 0 Å². The lowest BCUT2D eigenvalue weighted by atomic mass is 10.1. The predicted molar refractivity (Wildman–Crippen MR) is 93.1 cm³/mol. The fourth-order valence-electron chi connectivity index (χ4n) is 1.90. The third-order valence-corrected chi connectivity index (χ3v) is 3.89. The summed E-state index contributed by atoms with van der Waals surface area (Å²) in [6.45, 7) is 5.00. The maximum Gasteiger partial charge on any atom is 0.305 e. The van der Waals surface area contributed by atoms with Gasteiger partial charge in [-0.3, -0.25) is 4.79 Å². The van der Waals surface area contributed by atoms with Gasteiger partial charge in [0, 0.05) is 29.1 Å². The van der Waals surface area contributed by atoms with Crippen LogP contribution in [-0.4, -0.2) is 29.9 Å². The first-order chi connectivity index (χ1) is 10.1. The van der Waals surface area contributed by atoms with E-state index in [0.717, 1.165) is 21.9 Å². The van der Waals surface area contributed by atoms with Crippen molar-refractivity contribution in [3.8, 4) is 0 Å². The molecule has 0 aliphatic heterocycles. The number of thioether (sulfide) groups is 1. The molecule has 4 nitrogen and oxygen atoms in total. The second-order valence-corrected chi connectivity index (χ2v) is 6.06. The first kappa shape index (κ1) is 17.8. The van der Waals surface area contributed by atoms with Crippen LogP contribution in [0.5, 0.6) is 0 Å². The Morgan fingerprint density at radius 3 is 2.81 bits per heavy atom. The summed E-state index contributed by atoms with van der Waals surface area (Å²) in [6, 6.07) is 5.96. The van der Waals surface area contributed by atoms with Crippen molar-refractivity contribution in [3.05, 3.63) is 23.8 Å². The van der Waals surface area contributed by atoms with Gasteiger partial charge in [-0.1, -0.05) is 25.2 Å². The molecule has 1 rings (SSSR count). The number of nitrogens with two attached hydrogens (primary N) is 1. The van der Waals surface area contributed by atoms with E-state index in [2.05, 4.69) is 12.2 Å². The highest BCUT2D eigenvalue weighted by Crippen LogP contribution is 2.28. The number of nitrogens with one attached hydrogen (secondary N) is 1. The van der Waals surface area contributed by atoms with E-state index < -0.39 is 0 Å². The summed E-state index contributed by atoms with van der Waals surface area (Å²) in [4.78, 5) is 12.7. The third-order valence-electron chi connectivity index (χ3n) is 2.75. The number of benzene rings is 1. The molecule has 0 aromatic heterocycles. The highest BCUT2D eigenvalue weighted by atomic mass is 32.2. The Bertz CT molecular complexity index is 493. The third kappa shape index (κ3) is 5.93. The van der Waals surface area contributed by atoms with Gasteiger partial charge in [0.1, 0.15) is 4.99 Å². The number of hydrogen-bond donors (Lipinski definition) is 2.